The zero-order chi connectivity index (χ0) is 31.7. The Balaban J connectivity index is 2.08. The first-order valence-corrected chi connectivity index (χ1v) is 15.5. The van der Waals surface area contributed by atoms with Crippen LogP contribution in [0.1, 0.15) is 38.3 Å². The molecule has 3 aromatic carbocycles. The van der Waals surface area contributed by atoms with E-state index in [1.807, 2.05) is 20.8 Å². The molecule has 3 rings (SSSR count). The molecule has 0 aromatic heterocycles. The van der Waals surface area contributed by atoms with Crippen LogP contribution in [0, 0.1) is 18.7 Å². The molecule has 1 N–H and O–H groups in total. The van der Waals surface area contributed by atoms with Crippen LogP contribution in [0.15, 0.2) is 71.6 Å². The molecule has 0 saturated carbocycles. The number of halogens is 1. The molecule has 1 atom stereocenters. The third kappa shape index (κ3) is 8.47. The van der Waals surface area contributed by atoms with E-state index in [4.69, 9.17) is 9.47 Å². The monoisotopic (exact) mass is 613 g/mol. The van der Waals surface area contributed by atoms with Gasteiger partial charge in [0.25, 0.3) is 10.0 Å². The van der Waals surface area contributed by atoms with Crippen molar-refractivity contribution in [2.45, 2.75) is 51.6 Å². The van der Waals surface area contributed by atoms with Crippen molar-refractivity contribution < 1.29 is 31.9 Å². The lowest BCUT2D eigenvalue weighted by atomic mass is 10.1. The van der Waals surface area contributed by atoms with E-state index < -0.39 is 34.3 Å². The molecule has 0 aliphatic heterocycles. The number of hydrogen-bond donors (Lipinski definition) is 1. The van der Waals surface area contributed by atoms with Crippen LogP contribution in [-0.2, 0) is 26.2 Å². The number of amides is 2. The van der Waals surface area contributed by atoms with E-state index in [0.717, 1.165) is 9.87 Å². The summed E-state index contributed by atoms with van der Waals surface area (Å²) in [4.78, 5) is 28.7. The van der Waals surface area contributed by atoms with Gasteiger partial charge in [-0.3, -0.25) is 13.9 Å². The minimum Gasteiger partial charge on any atom is -0.493 e. The molecule has 0 fully saturated rings. The maximum Gasteiger partial charge on any atom is 0.264 e. The van der Waals surface area contributed by atoms with Gasteiger partial charge in [-0.2, -0.15) is 0 Å². The molecule has 9 nitrogen and oxygen atoms in total. The number of rotatable bonds is 14. The Labute approximate surface area is 253 Å². The number of sulfonamides is 1. The molecule has 43 heavy (non-hydrogen) atoms. The van der Waals surface area contributed by atoms with Crippen molar-refractivity contribution in [2.24, 2.45) is 5.92 Å². The average Bonchev–Trinajstić information content (AvgIpc) is 2.99. The summed E-state index contributed by atoms with van der Waals surface area (Å²) in [5.74, 6) is -0.634. The number of nitrogens with one attached hydrogen (secondary N) is 1. The van der Waals surface area contributed by atoms with Crippen LogP contribution < -0.4 is 19.1 Å². The molecular formula is C32H40FN3O6S. The Hall–Kier alpha value is -4.12. The Kier molecular flexibility index (Phi) is 11.5. The molecule has 0 radical (unpaired) electrons. The van der Waals surface area contributed by atoms with E-state index in [9.17, 15) is 22.4 Å². The SMILES string of the molecule is CCC(C(=O)NCC(C)C)N(Cc1ccc(F)cc1)C(=O)CN(c1ccc(C)cc1)S(=O)(=O)c1ccc(OC)c(OC)c1. The quantitative estimate of drug-likeness (QED) is 0.277. The van der Waals surface area contributed by atoms with Crippen LogP contribution in [0.4, 0.5) is 10.1 Å². The van der Waals surface area contributed by atoms with Crippen molar-refractivity contribution >= 4 is 27.5 Å². The molecule has 0 spiro atoms. The predicted octanol–water partition coefficient (Wildman–Crippen LogP) is 4.93. The topological polar surface area (TPSA) is 105 Å². The smallest absolute Gasteiger partial charge is 0.264 e. The van der Waals surface area contributed by atoms with Crippen molar-refractivity contribution in [3.63, 3.8) is 0 Å². The summed E-state index contributed by atoms with van der Waals surface area (Å²) in [5.41, 5.74) is 1.77. The van der Waals surface area contributed by atoms with Gasteiger partial charge in [0.15, 0.2) is 11.5 Å². The molecule has 0 saturated heterocycles. The first-order valence-electron chi connectivity index (χ1n) is 14.0. The third-order valence-corrected chi connectivity index (χ3v) is 8.65. The van der Waals surface area contributed by atoms with Crippen molar-refractivity contribution in [3.8, 4) is 11.5 Å². The second kappa shape index (κ2) is 14.9. The predicted molar refractivity (Wildman–Crippen MR) is 164 cm³/mol. The molecule has 232 valence electrons. The van der Waals surface area contributed by atoms with Crippen LogP contribution in [0.3, 0.4) is 0 Å². The zero-order valence-corrected chi connectivity index (χ0v) is 26.3. The van der Waals surface area contributed by atoms with Gasteiger partial charge in [-0.05, 0) is 61.2 Å². The maximum absolute atomic E-state index is 14.1. The highest BCUT2D eigenvalue weighted by Gasteiger charge is 2.34. The Morgan fingerprint density at radius 3 is 2.12 bits per heavy atom. The highest BCUT2D eigenvalue weighted by atomic mass is 32.2. The lowest BCUT2D eigenvalue weighted by Crippen LogP contribution is -2.52. The van der Waals surface area contributed by atoms with Crippen LogP contribution in [0.2, 0.25) is 0 Å². The molecule has 11 heteroatoms. The number of ether oxygens (including phenoxy) is 2. The minimum atomic E-state index is -4.31. The highest BCUT2D eigenvalue weighted by Crippen LogP contribution is 2.32. The van der Waals surface area contributed by atoms with Gasteiger partial charge in [-0.15, -0.1) is 0 Å². The summed E-state index contributed by atoms with van der Waals surface area (Å²) in [7, 11) is -1.46. The molecular weight excluding hydrogens is 573 g/mol. The normalized spacial score (nSPS) is 12.0. The van der Waals surface area contributed by atoms with Gasteiger partial charge in [0, 0.05) is 19.2 Å². The lowest BCUT2D eigenvalue weighted by molar-refractivity contribution is -0.140. The average molecular weight is 614 g/mol. The second-order valence-electron chi connectivity index (χ2n) is 10.6. The fourth-order valence-electron chi connectivity index (χ4n) is 4.47. The minimum absolute atomic E-state index is 0.0230. The maximum atomic E-state index is 14.1. The summed E-state index contributed by atoms with van der Waals surface area (Å²) in [5, 5.41) is 2.88. The van der Waals surface area contributed by atoms with E-state index in [2.05, 4.69) is 5.32 Å². The first kappa shape index (κ1) is 33.4. The van der Waals surface area contributed by atoms with Crippen molar-refractivity contribution in [1.29, 1.82) is 0 Å². The summed E-state index contributed by atoms with van der Waals surface area (Å²) < 4.78 is 53.5. The summed E-state index contributed by atoms with van der Waals surface area (Å²) in [6, 6.07) is 15.7. The van der Waals surface area contributed by atoms with Crippen molar-refractivity contribution in [1.82, 2.24) is 10.2 Å². The number of methoxy groups -OCH3 is 2. The number of hydrogen-bond acceptors (Lipinski definition) is 6. The second-order valence-corrected chi connectivity index (χ2v) is 12.4. The molecule has 0 aliphatic carbocycles. The standard InChI is InChI=1S/C32H40FN3O6S/c1-7-28(32(38)34-19-22(2)3)35(20-24-10-12-25(33)13-11-24)31(37)21-36(26-14-8-23(4)9-15-26)43(39,40)27-16-17-29(41-5)30(18-27)42-6/h8-18,22,28H,7,19-21H2,1-6H3,(H,34,38). The number of benzene rings is 3. The van der Waals surface area contributed by atoms with E-state index in [0.29, 0.717) is 17.9 Å². The fourth-order valence-corrected chi connectivity index (χ4v) is 5.90. The molecule has 2 amide bonds. The summed E-state index contributed by atoms with van der Waals surface area (Å²) in [6.07, 6.45) is 0.282. The van der Waals surface area contributed by atoms with Crippen molar-refractivity contribution in [3.05, 3.63) is 83.7 Å². The summed E-state index contributed by atoms with van der Waals surface area (Å²) in [6.45, 7) is 7.37. The highest BCUT2D eigenvalue weighted by molar-refractivity contribution is 7.92. The van der Waals surface area contributed by atoms with Gasteiger partial charge < -0.3 is 19.7 Å². The van der Waals surface area contributed by atoms with E-state index >= 15 is 0 Å². The van der Waals surface area contributed by atoms with Gasteiger partial charge in [-0.25, -0.2) is 12.8 Å². The largest absolute Gasteiger partial charge is 0.493 e. The van der Waals surface area contributed by atoms with Crippen LogP contribution >= 0.6 is 0 Å². The molecule has 3 aromatic rings. The number of carbonyl (C=O) groups is 2. The number of aryl methyl sites for hydroxylation is 1. The van der Waals surface area contributed by atoms with Gasteiger partial charge in [0.05, 0.1) is 24.8 Å². The van der Waals surface area contributed by atoms with Gasteiger partial charge in [-0.1, -0.05) is 50.6 Å². The zero-order valence-electron chi connectivity index (χ0n) is 25.5. The van der Waals surface area contributed by atoms with E-state index in [1.165, 1.54) is 61.6 Å². The number of carbonyl (C=O) groups excluding carboxylic acids is 2. The Morgan fingerprint density at radius 1 is 0.930 bits per heavy atom. The number of anilines is 1. The first-order chi connectivity index (χ1) is 20.4. The molecule has 0 heterocycles. The van der Waals surface area contributed by atoms with Crippen LogP contribution in [0.25, 0.3) is 0 Å². The Bertz CT molecular complexity index is 1490. The molecule has 1 unspecified atom stereocenters. The van der Waals surface area contributed by atoms with E-state index in [-0.39, 0.29) is 41.1 Å². The van der Waals surface area contributed by atoms with Crippen LogP contribution in [0.5, 0.6) is 11.5 Å². The van der Waals surface area contributed by atoms with Crippen LogP contribution in [-0.4, -0.2) is 58.5 Å². The fraction of sp³-hybridized carbons (Fsp3) is 0.375. The summed E-state index contributed by atoms with van der Waals surface area (Å²) >= 11 is 0. The van der Waals surface area contributed by atoms with Gasteiger partial charge >= 0.3 is 0 Å². The lowest BCUT2D eigenvalue weighted by Gasteiger charge is -2.33. The van der Waals surface area contributed by atoms with Gasteiger partial charge in [0.2, 0.25) is 11.8 Å². The third-order valence-electron chi connectivity index (χ3n) is 6.88. The molecule has 0 aliphatic rings. The Morgan fingerprint density at radius 2 is 1.56 bits per heavy atom. The molecule has 0 bridgehead atoms. The van der Waals surface area contributed by atoms with Gasteiger partial charge in [0.1, 0.15) is 18.4 Å². The number of nitrogens with zero attached hydrogens (tertiary/aromatic N) is 2. The van der Waals surface area contributed by atoms with E-state index in [1.54, 1.807) is 31.2 Å². The van der Waals surface area contributed by atoms with Crippen molar-refractivity contribution in [2.75, 3.05) is 31.6 Å².